The van der Waals surface area contributed by atoms with Crippen molar-refractivity contribution >= 4 is 21.8 Å². The summed E-state index contributed by atoms with van der Waals surface area (Å²) >= 11 is 3.44. The summed E-state index contributed by atoms with van der Waals surface area (Å²) in [5.74, 6) is 0.0955. The van der Waals surface area contributed by atoms with E-state index in [4.69, 9.17) is 0 Å². The summed E-state index contributed by atoms with van der Waals surface area (Å²) in [5.41, 5.74) is 3.33. The lowest BCUT2D eigenvalue weighted by atomic mass is 10.0. The Balaban J connectivity index is 1.93. The molecule has 0 spiro atoms. The predicted molar refractivity (Wildman–Crippen MR) is 95.5 cm³/mol. The monoisotopic (exact) mass is 361 g/mol. The van der Waals surface area contributed by atoms with Crippen molar-refractivity contribution in [1.82, 2.24) is 4.90 Å². The molecule has 1 amide bonds. The standard InChI is InChI=1S/C19H24BrNO/c1-2-3-4-5-9-12-17-13-19(22)21(18(17)14-20)15-16-10-7-6-8-11-16/h6-8,10-11,13-14H,2-5,9,12,15H2,1H3. The summed E-state index contributed by atoms with van der Waals surface area (Å²) < 4.78 is 0. The highest BCUT2D eigenvalue weighted by molar-refractivity contribution is 9.11. The van der Waals surface area contributed by atoms with Gasteiger partial charge in [-0.15, -0.1) is 0 Å². The molecule has 1 heterocycles. The van der Waals surface area contributed by atoms with Crippen LogP contribution in [0, 0.1) is 0 Å². The van der Waals surface area contributed by atoms with Crippen LogP contribution in [0.5, 0.6) is 0 Å². The van der Waals surface area contributed by atoms with Crippen LogP contribution >= 0.6 is 15.9 Å². The number of halogens is 1. The molecule has 0 atom stereocenters. The zero-order valence-corrected chi connectivity index (χ0v) is 14.8. The van der Waals surface area contributed by atoms with Crippen molar-refractivity contribution in [2.45, 2.75) is 52.0 Å². The summed E-state index contributed by atoms with van der Waals surface area (Å²) in [5, 5.41) is 0. The van der Waals surface area contributed by atoms with E-state index in [-0.39, 0.29) is 5.91 Å². The molecule has 0 saturated heterocycles. The van der Waals surface area contributed by atoms with E-state index >= 15 is 0 Å². The van der Waals surface area contributed by atoms with Gasteiger partial charge in [-0.2, -0.15) is 0 Å². The second kappa shape index (κ2) is 8.94. The molecular formula is C19H24BrNO. The van der Waals surface area contributed by atoms with Crippen molar-refractivity contribution < 1.29 is 4.79 Å². The molecule has 1 aromatic carbocycles. The Morgan fingerprint density at radius 3 is 2.50 bits per heavy atom. The first-order valence-electron chi connectivity index (χ1n) is 8.13. The summed E-state index contributed by atoms with van der Waals surface area (Å²) in [6.45, 7) is 2.86. The molecule has 0 aromatic heterocycles. The van der Waals surface area contributed by atoms with Gasteiger partial charge in [-0.25, -0.2) is 0 Å². The lowest BCUT2D eigenvalue weighted by Crippen LogP contribution is -2.23. The van der Waals surface area contributed by atoms with Gasteiger partial charge in [0.2, 0.25) is 0 Å². The fourth-order valence-corrected chi connectivity index (χ4v) is 3.31. The second-order valence-electron chi connectivity index (χ2n) is 5.74. The van der Waals surface area contributed by atoms with Gasteiger partial charge in [0.15, 0.2) is 0 Å². The highest BCUT2D eigenvalue weighted by Crippen LogP contribution is 2.30. The van der Waals surface area contributed by atoms with Crippen LogP contribution < -0.4 is 0 Å². The maximum atomic E-state index is 12.3. The predicted octanol–water partition coefficient (Wildman–Crippen LogP) is 5.55. The molecule has 0 bridgehead atoms. The highest BCUT2D eigenvalue weighted by atomic mass is 79.9. The zero-order chi connectivity index (χ0) is 15.8. The largest absolute Gasteiger partial charge is 0.304 e. The van der Waals surface area contributed by atoms with Gasteiger partial charge >= 0.3 is 0 Å². The second-order valence-corrected chi connectivity index (χ2v) is 6.20. The minimum absolute atomic E-state index is 0.0955. The Kier molecular flexibility index (Phi) is 6.91. The first-order chi connectivity index (χ1) is 10.8. The highest BCUT2D eigenvalue weighted by Gasteiger charge is 2.26. The zero-order valence-electron chi connectivity index (χ0n) is 13.2. The van der Waals surface area contributed by atoms with Gasteiger partial charge in [0.05, 0.1) is 12.2 Å². The van der Waals surface area contributed by atoms with Crippen LogP contribution in [0.25, 0.3) is 0 Å². The van der Waals surface area contributed by atoms with Gasteiger partial charge in [0.25, 0.3) is 5.91 Å². The van der Waals surface area contributed by atoms with Gasteiger partial charge in [-0.1, -0.05) is 78.9 Å². The van der Waals surface area contributed by atoms with Gasteiger partial charge in [0, 0.05) is 11.1 Å². The fourth-order valence-electron chi connectivity index (χ4n) is 2.77. The van der Waals surface area contributed by atoms with Crippen molar-refractivity contribution in [3.63, 3.8) is 0 Å². The molecule has 118 valence electrons. The Labute approximate surface area is 142 Å². The molecule has 2 nitrogen and oxygen atoms in total. The Hall–Kier alpha value is -1.35. The van der Waals surface area contributed by atoms with E-state index in [9.17, 15) is 4.79 Å². The fraction of sp³-hybridized carbons (Fsp3) is 0.421. The van der Waals surface area contributed by atoms with E-state index in [1.54, 1.807) is 6.08 Å². The maximum absolute atomic E-state index is 12.3. The normalized spacial score (nSPS) is 16.5. The molecule has 1 aliphatic heterocycles. The molecule has 1 aliphatic rings. The van der Waals surface area contributed by atoms with Gasteiger partial charge in [-0.3, -0.25) is 4.79 Å². The number of hydrogen-bond acceptors (Lipinski definition) is 1. The molecule has 0 N–H and O–H groups in total. The topological polar surface area (TPSA) is 20.3 Å². The number of unbranched alkanes of at least 4 members (excludes halogenated alkanes) is 4. The lowest BCUT2D eigenvalue weighted by Gasteiger charge is -2.19. The van der Waals surface area contributed by atoms with E-state index in [1.165, 1.54) is 25.7 Å². The molecule has 0 saturated carbocycles. The molecule has 3 heteroatoms. The lowest BCUT2D eigenvalue weighted by molar-refractivity contribution is -0.123. The molecule has 0 fully saturated rings. The summed E-state index contributed by atoms with van der Waals surface area (Å²) in [6, 6.07) is 10.1. The summed E-state index contributed by atoms with van der Waals surface area (Å²) in [7, 11) is 0. The average Bonchev–Trinajstić information content (AvgIpc) is 2.83. The van der Waals surface area contributed by atoms with Crippen LogP contribution in [-0.4, -0.2) is 10.8 Å². The Morgan fingerprint density at radius 1 is 1.09 bits per heavy atom. The number of hydrogen-bond donors (Lipinski definition) is 0. The smallest absolute Gasteiger partial charge is 0.251 e. The molecule has 22 heavy (non-hydrogen) atoms. The number of benzene rings is 1. The summed E-state index contributed by atoms with van der Waals surface area (Å²) in [4.78, 5) is 16.0. The maximum Gasteiger partial charge on any atom is 0.251 e. The van der Waals surface area contributed by atoms with Gasteiger partial charge < -0.3 is 4.90 Å². The van der Waals surface area contributed by atoms with Crippen molar-refractivity contribution in [2.24, 2.45) is 0 Å². The average molecular weight is 362 g/mol. The number of carbonyl (C=O) groups excluding carboxylic acids is 1. The Morgan fingerprint density at radius 2 is 1.82 bits per heavy atom. The van der Waals surface area contributed by atoms with E-state index < -0.39 is 0 Å². The summed E-state index contributed by atoms with van der Waals surface area (Å²) in [6.07, 6.45) is 9.04. The van der Waals surface area contributed by atoms with Crippen LogP contribution in [0.15, 0.2) is 52.7 Å². The minimum atomic E-state index is 0.0955. The van der Waals surface area contributed by atoms with E-state index in [1.807, 2.05) is 28.1 Å². The first kappa shape index (κ1) is 17.0. The number of allylic oxidation sites excluding steroid dienone is 1. The van der Waals surface area contributed by atoms with Crippen LogP contribution in [0.4, 0.5) is 0 Å². The van der Waals surface area contributed by atoms with Crippen LogP contribution in [0.2, 0.25) is 0 Å². The van der Waals surface area contributed by atoms with E-state index in [0.717, 1.165) is 29.7 Å². The SMILES string of the molecule is CCCCCCCC1=CC(=O)N(Cc2ccccc2)C1=CBr. The number of amides is 1. The third kappa shape index (κ3) is 4.57. The van der Waals surface area contributed by atoms with E-state index in [2.05, 4.69) is 35.0 Å². The molecule has 2 rings (SSSR count). The number of nitrogens with zero attached hydrogens (tertiary/aromatic N) is 1. The number of carbonyl (C=O) groups is 1. The quantitative estimate of drug-likeness (QED) is 0.555. The van der Waals surface area contributed by atoms with Crippen molar-refractivity contribution in [1.29, 1.82) is 0 Å². The minimum Gasteiger partial charge on any atom is -0.304 e. The van der Waals surface area contributed by atoms with Crippen molar-refractivity contribution in [3.05, 3.63) is 58.2 Å². The van der Waals surface area contributed by atoms with Crippen molar-refractivity contribution in [3.8, 4) is 0 Å². The van der Waals surface area contributed by atoms with Crippen LogP contribution in [0.1, 0.15) is 51.0 Å². The molecular weight excluding hydrogens is 338 g/mol. The molecule has 1 aromatic rings. The van der Waals surface area contributed by atoms with Crippen molar-refractivity contribution in [2.75, 3.05) is 0 Å². The molecule has 0 unspecified atom stereocenters. The first-order valence-corrected chi connectivity index (χ1v) is 9.04. The third-order valence-corrected chi connectivity index (χ3v) is 4.45. The van der Waals surface area contributed by atoms with Gasteiger partial charge in [-0.05, 0) is 24.0 Å². The molecule has 0 radical (unpaired) electrons. The molecule has 0 aliphatic carbocycles. The number of rotatable bonds is 8. The Bertz CT molecular complexity index is 548. The van der Waals surface area contributed by atoms with E-state index in [0.29, 0.717) is 6.54 Å². The van der Waals surface area contributed by atoms with Crippen LogP contribution in [-0.2, 0) is 11.3 Å². The third-order valence-electron chi connectivity index (χ3n) is 4.02. The van der Waals surface area contributed by atoms with Crippen LogP contribution in [0.3, 0.4) is 0 Å². The van der Waals surface area contributed by atoms with Gasteiger partial charge in [0.1, 0.15) is 0 Å².